The second-order valence-electron chi connectivity index (χ2n) is 5.16. The molecule has 2 heteroatoms. The van der Waals surface area contributed by atoms with Gasteiger partial charge in [0.25, 0.3) is 0 Å². The Morgan fingerprint density at radius 1 is 0.850 bits per heavy atom. The maximum Gasteiger partial charge on any atom is 0.305 e. The van der Waals surface area contributed by atoms with Crippen LogP contribution in [0.3, 0.4) is 0 Å². The van der Waals surface area contributed by atoms with Crippen LogP contribution in [0.2, 0.25) is 0 Å². The molecule has 20 heavy (non-hydrogen) atoms. The Kier molecular flexibility index (Phi) is 9.96. The van der Waals surface area contributed by atoms with Crippen molar-refractivity contribution in [2.24, 2.45) is 0 Å². The van der Waals surface area contributed by atoms with Crippen LogP contribution in [0.1, 0.15) is 110 Å². The second kappa shape index (κ2) is 16.5. The summed E-state index contributed by atoms with van der Waals surface area (Å²) < 4.78 is 43.7. The van der Waals surface area contributed by atoms with Crippen LogP contribution in [0, 0.1) is 0 Å². The average Bonchev–Trinajstić information content (AvgIpc) is 2.56. The molecule has 1 atom stereocenters. The Bertz CT molecular complexity index is 361. The predicted octanol–water partition coefficient (Wildman–Crippen LogP) is 6.03. The van der Waals surface area contributed by atoms with Crippen LogP contribution in [0.4, 0.5) is 0 Å². The highest BCUT2D eigenvalue weighted by atomic mass is 16.5. The number of unbranched alkanes of at least 4 members (excludes halogenated alkanes) is 9. The first-order chi connectivity index (χ1) is 11.7. The Morgan fingerprint density at radius 2 is 1.35 bits per heavy atom. The molecule has 0 aromatic heterocycles. The minimum absolute atomic E-state index is 0.00443. The largest absolute Gasteiger partial charge is 0.466 e. The number of carbonyl (C=O) groups is 1. The fourth-order valence-electron chi connectivity index (χ4n) is 2.08. The molecule has 0 N–H and O–H groups in total. The van der Waals surface area contributed by atoms with Crippen molar-refractivity contribution < 1.29 is 16.4 Å². The topological polar surface area (TPSA) is 26.3 Å². The molecule has 0 spiro atoms. The summed E-state index contributed by atoms with van der Waals surface area (Å²) in [5, 5.41) is 0. The van der Waals surface area contributed by atoms with Crippen LogP contribution in [0.5, 0.6) is 0 Å². The fraction of sp³-hybridized carbons (Fsp3) is 0.944. The molecule has 0 heterocycles. The summed E-state index contributed by atoms with van der Waals surface area (Å²) in [5.41, 5.74) is 0. The molecule has 0 bridgehead atoms. The van der Waals surface area contributed by atoms with Crippen molar-refractivity contribution in [3.63, 3.8) is 0 Å². The smallest absolute Gasteiger partial charge is 0.305 e. The Hall–Kier alpha value is -0.530. The highest BCUT2D eigenvalue weighted by molar-refractivity contribution is 5.69. The number of rotatable bonds is 15. The van der Waals surface area contributed by atoms with Crippen molar-refractivity contribution in [1.29, 1.82) is 0 Å². The van der Waals surface area contributed by atoms with Crippen LogP contribution < -0.4 is 0 Å². The Balaban J connectivity index is 4.00. The lowest BCUT2D eigenvalue weighted by Crippen LogP contribution is -2.03. The van der Waals surface area contributed by atoms with Crippen molar-refractivity contribution >= 4 is 5.97 Å². The summed E-state index contributed by atoms with van der Waals surface area (Å²) in [6.45, 7) is 3.75. The number of ether oxygens (including phenoxy) is 1. The molecule has 0 aromatic rings. The van der Waals surface area contributed by atoms with Gasteiger partial charge in [-0.2, -0.15) is 0 Å². The van der Waals surface area contributed by atoms with E-state index in [0.717, 1.165) is 19.3 Å². The predicted molar refractivity (Wildman–Crippen MR) is 86.9 cm³/mol. The van der Waals surface area contributed by atoms with Crippen LogP contribution >= 0.6 is 0 Å². The maximum atomic E-state index is 11.6. The van der Waals surface area contributed by atoms with E-state index in [1.165, 1.54) is 38.5 Å². The van der Waals surface area contributed by atoms with E-state index < -0.39 is 25.1 Å². The molecule has 0 aromatic carbocycles. The zero-order chi connectivity index (χ0) is 19.3. The molecule has 2 nitrogen and oxygen atoms in total. The van der Waals surface area contributed by atoms with E-state index in [1.54, 1.807) is 6.92 Å². The van der Waals surface area contributed by atoms with Gasteiger partial charge in [0.15, 0.2) is 0 Å². The van der Waals surface area contributed by atoms with E-state index in [4.69, 9.17) is 6.85 Å². The van der Waals surface area contributed by atoms with Gasteiger partial charge in [-0.25, -0.2) is 0 Å². The molecule has 1 unspecified atom stereocenters. The molecule has 0 amide bonds. The zero-order valence-electron chi connectivity index (χ0n) is 18.4. The molecule has 120 valence electrons. The number of carbonyl (C=O) groups excluding carboxylic acids is 1. The van der Waals surface area contributed by atoms with E-state index in [0.29, 0.717) is 6.42 Å². The Labute approximate surface area is 133 Å². The first-order valence-electron chi connectivity index (χ1n) is 10.9. The van der Waals surface area contributed by atoms with E-state index >= 15 is 0 Å². The van der Waals surface area contributed by atoms with Gasteiger partial charge in [0.1, 0.15) is 0 Å². The van der Waals surface area contributed by atoms with Gasteiger partial charge in [0, 0.05) is 13.2 Å². The van der Waals surface area contributed by atoms with Gasteiger partial charge >= 0.3 is 5.97 Å². The number of esters is 1. The number of hydrogen-bond donors (Lipinski definition) is 0. The molecular weight excluding hydrogens is 248 g/mol. The van der Waals surface area contributed by atoms with E-state index in [2.05, 4.69) is 11.7 Å². The lowest BCUT2D eigenvalue weighted by Gasteiger charge is -2.03. The maximum absolute atomic E-state index is 11.6. The molecule has 0 saturated heterocycles. The molecule has 0 rings (SSSR count). The lowest BCUT2D eigenvalue weighted by atomic mass is 10.0. The quantitative estimate of drug-likeness (QED) is 0.272. The third-order valence-corrected chi connectivity index (χ3v) is 3.25. The summed E-state index contributed by atoms with van der Waals surface area (Å²) in [7, 11) is 0. The molecule has 0 radical (unpaired) electrons. The van der Waals surface area contributed by atoms with Gasteiger partial charge in [0.2, 0.25) is 0 Å². The van der Waals surface area contributed by atoms with Crippen molar-refractivity contribution in [2.45, 2.75) is 104 Å². The van der Waals surface area contributed by atoms with Crippen molar-refractivity contribution in [2.75, 3.05) is 6.61 Å². The summed E-state index contributed by atoms with van der Waals surface area (Å²) in [5.74, 6) is -1.22. The van der Waals surface area contributed by atoms with E-state index in [9.17, 15) is 4.79 Å². The van der Waals surface area contributed by atoms with Gasteiger partial charge < -0.3 is 4.74 Å². The summed E-state index contributed by atoms with van der Waals surface area (Å²) >= 11 is 0. The van der Waals surface area contributed by atoms with Gasteiger partial charge in [-0.3, -0.25) is 4.79 Å². The first-order valence-corrected chi connectivity index (χ1v) is 8.31. The fourth-order valence-corrected chi connectivity index (χ4v) is 2.08. The molecule has 0 aliphatic heterocycles. The normalized spacial score (nSPS) is 17.4. The second-order valence-corrected chi connectivity index (χ2v) is 5.16. The lowest BCUT2D eigenvalue weighted by molar-refractivity contribution is -0.143. The van der Waals surface area contributed by atoms with Gasteiger partial charge in [-0.05, 0) is 13.3 Å². The van der Waals surface area contributed by atoms with E-state index in [-0.39, 0.29) is 13.0 Å². The van der Waals surface area contributed by atoms with E-state index in [1.807, 2.05) is 0 Å². The first kappa shape index (κ1) is 12.1. The molecule has 0 fully saturated rings. The Morgan fingerprint density at radius 3 is 1.85 bits per heavy atom. The standard InChI is InChI=1S/C18H36O2/c1-3-5-6-7-8-9-10-11-12-13-14-15-16-17-18(19)20-4-2/h3-17H2,1-2H3/i15D,16D2,17D2. The third kappa shape index (κ3) is 15.5. The minimum atomic E-state index is -2.80. The summed E-state index contributed by atoms with van der Waals surface area (Å²) in [6, 6.07) is 0. The van der Waals surface area contributed by atoms with Crippen LogP contribution in [-0.2, 0) is 9.53 Å². The monoisotopic (exact) mass is 289 g/mol. The number of hydrogen-bond acceptors (Lipinski definition) is 2. The molecular formula is C18H36O2. The van der Waals surface area contributed by atoms with Crippen LogP contribution in [0.15, 0.2) is 0 Å². The van der Waals surface area contributed by atoms with Crippen LogP contribution in [-0.4, -0.2) is 12.6 Å². The summed E-state index contributed by atoms with van der Waals surface area (Å²) in [4.78, 5) is 11.6. The van der Waals surface area contributed by atoms with Crippen molar-refractivity contribution in [3.8, 4) is 0 Å². The zero-order valence-corrected chi connectivity index (χ0v) is 13.4. The van der Waals surface area contributed by atoms with Gasteiger partial charge in [-0.15, -0.1) is 0 Å². The highest BCUT2D eigenvalue weighted by Gasteiger charge is 2.00. The van der Waals surface area contributed by atoms with Crippen molar-refractivity contribution in [3.05, 3.63) is 0 Å². The van der Waals surface area contributed by atoms with Gasteiger partial charge in [0.05, 0.1) is 6.61 Å². The van der Waals surface area contributed by atoms with Gasteiger partial charge in [-0.1, -0.05) is 83.9 Å². The molecule has 0 saturated carbocycles. The SMILES string of the molecule is [2H]C(CCCCCCCCCCCC)C([2H])([2H])C([2H])([2H])C(=O)OCC. The van der Waals surface area contributed by atoms with Crippen molar-refractivity contribution in [1.82, 2.24) is 0 Å². The average molecular weight is 290 g/mol. The molecule has 0 aliphatic rings. The molecule has 0 aliphatic carbocycles. The van der Waals surface area contributed by atoms with Crippen LogP contribution in [0.25, 0.3) is 0 Å². The summed E-state index contributed by atoms with van der Waals surface area (Å²) in [6.07, 6.45) is 5.12. The highest BCUT2D eigenvalue weighted by Crippen LogP contribution is 2.12. The third-order valence-electron chi connectivity index (χ3n) is 3.25. The minimum Gasteiger partial charge on any atom is -0.466 e.